The van der Waals surface area contributed by atoms with Crippen molar-refractivity contribution in [3.63, 3.8) is 0 Å². The van der Waals surface area contributed by atoms with Crippen LogP contribution in [0.4, 0.5) is 0 Å². The molecule has 13 heavy (non-hydrogen) atoms. The van der Waals surface area contributed by atoms with E-state index in [9.17, 15) is 0 Å². The summed E-state index contributed by atoms with van der Waals surface area (Å²) < 4.78 is 0. The fraction of sp³-hybridized carbons (Fsp3) is 0.917. The highest BCUT2D eigenvalue weighted by Crippen LogP contribution is 2.08. The van der Waals surface area contributed by atoms with Crippen LogP contribution in [0, 0.1) is 6.42 Å². The van der Waals surface area contributed by atoms with Gasteiger partial charge in [-0.05, 0) is 19.4 Å². The molecule has 0 aliphatic heterocycles. The summed E-state index contributed by atoms with van der Waals surface area (Å²) in [5, 5.41) is 0. The molecular formula is C12H26N. The van der Waals surface area contributed by atoms with Crippen LogP contribution in [-0.4, -0.2) is 6.54 Å². The van der Waals surface area contributed by atoms with Gasteiger partial charge in [-0.3, -0.25) is 0 Å². The molecule has 0 aromatic rings. The van der Waals surface area contributed by atoms with Gasteiger partial charge in [0.2, 0.25) is 0 Å². The molecule has 1 heteroatoms. The van der Waals surface area contributed by atoms with Gasteiger partial charge in [-0.1, -0.05) is 58.3 Å². The molecule has 0 heterocycles. The van der Waals surface area contributed by atoms with E-state index in [-0.39, 0.29) is 0 Å². The van der Waals surface area contributed by atoms with Gasteiger partial charge >= 0.3 is 0 Å². The smallest absolute Gasteiger partial charge is 0.00773 e. The number of hydrogen-bond acceptors (Lipinski definition) is 1. The SMILES string of the molecule is CCCCC[CH]CCCCCCN. The summed E-state index contributed by atoms with van der Waals surface area (Å²) in [4.78, 5) is 0. The number of unbranched alkanes of at least 4 members (excludes halogenated alkanes) is 9. The third kappa shape index (κ3) is 12.0. The molecule has 0 aliphatic carbocycles. The van der Waals surface area contributed by atoms with Crippen molar-refractivity contribution in [3.05, 3.63) is 6.42 Å². The van der Waals surface area contributed by atoms with Crippen LogP contribution < -0.4 is 5.73 Å². The Labute approximate surface area is 84.1 Å². The predicted octanol–water partition coefficient (Wildman–Crippen LogP) is 3.68. The first-order valence-corrected chi connectivity index (χ1v) is 5.93. The summed E-state index contributed by atoms with van der Waals surface area (Å²) in [6, 6.07) is 0. The van der Waals surface area contributed by atoms with Crippen molar-refractivity contribution in [2.75, 3.05) is 6.54 Å². The molecule has 0 aromatic carbocycles. The molecule has 0 aliphatic rings. The highest BCUT2D eigenvalue weighted by molar-refractivity contribution is 4.64. The quantitative estimate of drug-likeness (QED) is 0.515. The van der Waals surface area contributed by atoms with Crippen LogP contribution in [0.5, 0.6) is 0 Å². The summed E-state index contributed by atoms with van der Waals surface area (Å²) >= 11 is 0. The Bertz CT molecular complexity index is 71.2. The summed E-state index contributed by atoms with van der Waals surface area (Å²) in [6.07, 6.45) is 14.5. The van der Waals surface area contributed by atoms with Crippen LogP contribution >= 0.6 is 0 Å². The van der Waals surface area contributed by atoms with E-state index in [1.165, 1.54) is 57.8 Å². The van der Waals surface area contributed by atoms with Gasteiger partial charge in [0.1, 0.15) is 0 Å². The van der Waals surface area contributed by atoms with Gasteiger partial charge in [0.15, 0.2) is 0 Å². The van der Waals surface area contributed by atoms with Crippen LogP contribution in [0.1, 0.15) is 64.7 Å². The molecule has 0 rings (SSSR count). The van der Waals surface area contributed by atoms with Crippen LogP contribution in [0.15, 0.2) is 0 Å². The lowest BCUT2D eigenvalue weighted by Crippen LogP contribution is -1.97. The van der Waals surface area contributed by atoms with Crippen LogP contribution in [0.3, 0.4) is 0 Å². The molecule has 0 atom stereocenters. The first-order valence-electron chi connectivity index (χ1n) is 5.93. The molecule has 0 saturated carbocycles. The largest absolute Gasteiger partial charge is 0.330 e. The molecule has 0 saturated heterocycles. The lowest BCUT2D eigenvalue weighted by Gasteiger charge is -2.00. The van der Waals surface area contributed by atoms with Crippen molar-refractivity contribution in [1.29, 1.82) is 0 Å². The molecule has 1 radical (unpaired) electrons. The van der Waals surface area contributed by atoms with Gasteiger partial charge in [-0.25, -0.2) is 0 Å². The topological polar surface area (TPSA) is 26.0 Å². The van der Waals surface area contributed by atoms with E-state index in [2.05, 4.69) is 13.3 Å². The first-order chi connectivity index (χ1) is 6.41. The second-order valence-electron chi connectivity index (χ2n) is 3.78. The molecule has 2 N–H and O–H groups in total. The Morgan fingerprint density at radius 1 is 0.846 bits per heavy atom. The van der Waals surface area contributed by atoms with Gasteiger partial charge < -0.3 is 5.73 Å². The zero-order valence-electron chi connectivity index (χ0n) is 9.23. The zero-order valence-corrected chi connectivity index (χ0v) is 9.23. The molecule has 0 unspecified atom stereocenters. The summed E-state index contributed by atoms with van der Waals surface area (Å²) in [5.41, 5.74) is 5.42. The maximum Gasteiger partial charge on any atom is -0.00773 e. The van der Waals surface area contributed by atoms with Crippen molar-refractivity contribution in [1.82, 2.24) is 0 Å². The maximum absolute atomic E-state index is 5.42. The Morgan fingerprint density at radius 3 is 2.08 bits per heavy atom. The van der Waals surface area contributed by atoms with Crippen molar-refractivity contribution >= 4 is 0 Å². The molecular weight excluding hydrogens is 158 g/mol. The highest BCUT2D eigenvalue weighted by atomic mass is 14.5. The zero-order chi connectivity index (χ0) is 9.78. The van der Waals surface area contributed by atoms with E-state index in [4.69, 9.17) is 5.73 Å². The lowest BCUT2D eigenvalue weighted by molar-refractivity contribution is 0.622. The van der Waals surface area contributed by atoms with Gasteiger partial charge in [-0.2, -0.15) is 0 Å². The van der Waals surface area contributed by atoms with Crippen LogP contribution in [0.2, 0.25) is 0 Å². The van der Waals surface area contributed by atoms with E-state index in [1.807, 2.05) is 0 Å². The molecule has 0 spiro atoms. The molecule has 0 aromatic heterocycles. The molecule has 0 amide bonds. The second kappa shape index (κ2) is 12.0. The third-order valence-electron chi connectivity index (χ3n) is 2.37. The third-order valence-corrected chi connectivity index (χ3v) is 2.37. The summed E-state index contributed by atoms with van der Waals surface area (Å²) in [6.45, 7) is 3.12. The fourth-order valence-electron chi connectivity index (χ4n) is 1.47. The average molecular weight is 184 g/mol. The Kier molecular flexibility index (Phi) is 11.9. The maximum atomic E-state index is 5.42. The summed E-state index contributed by atoms with van der Waals surface area (Å²) in [5.74, 6) is 0. The van der Waals surface area contributed by atoms with Crippen molar-refractivity contribution < 1.29 is 0 Å². The Morgan fingerprint density at radius 2 is 1.46 bits per heavy atom. The second-order valence-corrected chi connectivity index (χ2v) is 3.78. The van der Waals surface area contributed by atoms with Crippen LogP contribution in [0.25, 0.3) is 0 Å². The minimum absolute atomic E-state index is 0.861. The van der Waals surface area contributed by atoms with Crippen LogP contribution in [-0.2, 0) is 0 Å². The van der Waals surface area contributed by atoms with Gasteiger partial charge in [0.05, 0.1) is 0 Å². The monoisotopic (exact) mass is 184 g/mol. The minimum atomic E-state index is 0.861. The Balaban J connectivity index is 2.76. The van der Waals surface area contributed by atoms with Gasteiger partial charge in [0.25, 0.3) is 0 Å². The molecule has 0 fully saturated rings. The predicted molar refractivity (Wildman–Crippen MR) is 60.6 cm³/mol. The Hall–Kier alpha value is -0.0400. The molecule has 79 valence electrons. The van der Waals surface area contributed by atoms with E-state index in [0.29, 0.717) is 0 Å². The summed E-state index contributed by atoms with van der Waals surface area (Å²) in [7, 11) is 0. The van der Waals surface area contributed by atoms with Gasteiger partial charge in [0, 0.05) is 0 Å². The minimum Gasteiger partial charge on any atom is -0.330 e. The number of nitrogens with two attached hydrogens (primary N) is 1. The first kappa shape index (κ1) is 13.0. The fourth-order valence-corrected chi connectivity index (χ4v) is 1.47. The van der Waals surface area contributed by atoms with Crippen molar-refractivity contribution in [2.45, 2.75) is 64.7 Å². The van der Waals surface area contributed by atoms with Crippen molar-refractivity contribution in [2.24, 2.45) is 5.73 Å². The van der Waals surface area contributed by atoms with Gasteiger partial charge in [-0.15, -0.1) is 0 Å². The van der Waals surface area contributed by atoms with E-state index < -0.39 is 0 Å². The highest BCUT2D eigenvalue weighted by Gasteiger charge is 1.91. The van der Waals surface area contributed by atoms with E-state index in [1.54, 1.807) is 0 Å². The van der Waals surface area contributed by atoms with E-state index in [0.717, 1.165) is 6.54 Å². The average Bonchev–Trinajstić information content (AvgIpc) is 2.16. The molecule has 1 nitrogen and oxygen atoms in total. The molecule has 0 bridgehead atoms. The normalized spacial score (nSPS) is 10.6. The van der Waals surface area contributed by atoms with Crippen molar-refractivity contribution in [3.8, 4) is 0 Å². The van der Waals surface area contributed by atoms with E-state index >= 15 is 0 Å². The number of hydrogen-bond donors (Lipinski definition) is 1. The lowest BCUT2D eigenvalue weighted by atomic mass is 10.1. The number of rotatable bonds is 10. The standard InChI is InChI=1S/C12H26N/c1-2-3-4-5-6-7-8-9-10-11-12-13/h6H,2-5,7-13H2,1H3.